The van der Waals surface area contributed by atoms with E-state index in [1.165, 1.54) is 9.80 Å². The fourth-order valence-electron chi connectivity index (χ4n) is 6.68. The van der Waals surface area contributed by atoms with E-state index < -0.39 is 35.6 Å². The van der Waals surface area contributed by atoms with Crippen molar-refractivity contribution in [1.82, 2.24) is 9.80 Å². The van der Waals surface area contributed by atoms with Crippen LogP contribution in [0.2, 0.25) is 0 Å². The Morgan fingerprint density at radius 1 is 0.522 bits per heavy atom. The molecule has 0 N–H and O–H groups in total. The minimum Gasteiger partial charge on any atom is -0.462 e. The number of nitrogens with zero attached hydrogens (tertiary/aromatic N) is 2. The van der Waals surface area contributed by atoms with Crippen LogP contribution in [0.4, 0.5) is 0 Å². The summed E-state index contributed by atoms with van der Waals surface area (Å²) >= 11 is 0. The Morgan fingerprint density at radius 2 is 0.826 bits per heavy atom. The number of amides is 4. The van der Waals surface area contributed by atoms with Crippen molar-refractivity contribution in [3.63, 3.8) is 0 Å². The molecule has 0 aromatic heterocycles. The van der Waals surface area contributed by atoms with Gasteiger partial charge in [0.25, 0.3) is 23.6 Å². The van der Waals surface area contributed by atoms with E-state index in [9.17, 15) is 28.8 Å². The molecular weight excluding hydrogens is 588 g/mol. The highest BCUT2D eigenvalue weighted by molar-refractivity contribution is 6.41. The summed E-state index contributed by atoms with van der Waals surface area (Å²) < 4.78 is 10.0. The summed E-state index contributed by atoms with van der Waals surface area (Å²) in [7, 11) is 0. The first-order chi connectivity index (χ1) is 22.3. The quantitative estimate of drug-likeness (QED) is 0.0527. The van der Waals surface area contributed by atoms with Gasteiger partial charge in [0.15, 0.2) is 0 Å². The first kappa shape index (κ1) is 28.8. The Morgan fingerprint density at radius 3 is 1.11 bits per heavy atom. The molecule has 10 nitrogen and oxygen atoms in total. The topological polar surface area (TPSA) is 127 Å². The molecule has 5 aromatic carbocycles. The molecule has 0 aliphatic carbocycles. The average molecular weight is 615 g/mol. The number of hydrogen-bond acceptors (Lipinski definition) is 8. The van der Waals surface area contributed by atoms with Crippen LogP contribution in [0.5, 0.6) is 0 Å². The van der Waals surface area contributed by atoms with Gasteiger partial charge in [0, 0.05) is 58.3 Å². The maximum atomic E-state index is 13.6. The first-order valence-electron chi connectivity index (χ1n) is 14.8. The van der Waals surface area contributed by atoms with E-state index in [1.807, 2.05) is 24.3 Å². The van der Waals surface area contributed by atoms with Crippen LogP contribution in [0.25, 0.3) is 43.1 Å². The van der Waals surface area contributed by atoms with E-state index in [1.54, 1.807) is 24.3 Å². The van der Waals surface area contributed by atoms with Gasteiger partial charge in [-0.1, -0.05) is 37.4 Å². The van der Waals surface area contributed by atoms with Crippen molar-refractivity contribution in [2.24, 2.45) is 0 Å². The Kier molecular flexibility index (Phi) is 6.85. The number of hydrogen-bond donors (Lipinski definition) is 0. The molecule has 0 bridgehead atoms. The zero-order chi connectivity index (χ0) is 32.3. The second-order valence-corrected chi connectivity index (χ2v) is 11.1. The Balaban J connectivity index is 1.31. The van der Waals surface area contributed by atoms with Gasteiger partial charge >= 0.3 is 11.9 Å². The Hall–Kier alpha value is -5.90. The van der Waals surface area contributed by atoms with Gasteiger partial charge in [-0.2, -0.15) is 0 Å². The zero-order valence-corrected chi connectivity index (χ0v) is 24.6. The van der Waals surface area contributed by atoms with Crippen molar-refractivity contribution in [2.45, 2.75) is 12.8 Å². The maximum absolute atomic E-state index is 13.6. The second kappa shape index (κ2) is 10.9. The van der Waals surface area contributed by atoms with Crippen LogP contribution < -0.4 is 0 Å². The van der Waals surface area contributed by atoms with Crippen LogP contribution in [-0.2, 0) is 19.1 Å². The van der Waals surface area contributed by atoms with Crippen LogP contribution in [0.15, 0.2) is 73.8 Å². The predicted octanol–water partition coefficient (Wildman–Crippen LogP) is 5.17. The van der Waals surface area contributed by atoms with Crippen LogP contribution in [0, 0.1) is 0 Å². The maximum Gasteiger partial charge on any atom is 0.330 e. The largest absolute Gasteiger partial charge is 0.462 e. The fraction of sp³-hybridized carbons (Fsp3) is 0.167. The van der Waals surface area contributed by atoms with Crippen LogP contribution in [-0.4, -0.2) is 71.7 Å². The van der Waals surface area contributed by atoms with Gasteiger partial charge in [0.2, 0.25) is 0 Å². The van der Waals surface area contributed by atoms with Gasteiger partial charge < -0.3 is 9.47 Å². The number of carbonyl (C=O) groups excluding carboxylic acids is 6. The summed E-state index contributed by atoms with van der Waals surface area (Å²) in [6.07, 6.45) is 2.67. The zero-order valence-electron chi connectivity index (χ0n) is 24.6. The monoisotopic (exact) mass is 614 g/mol. The summed E-state index contributed by atoms with van der Waals surface area (Å²) in [6, 6.07) is 14.2. The lowest BCUT2D eigenvalue weighted by atomic mass is 9.82. The van der Waals surface area contributed by atoms with Crippen LogP contribution in [0.1, 0.15) is 54.3 Å². The van der Waals surface area contributed by atoms with E-state index in [-0.39, 0.29) is 39.1 Å². The standard InChI is InChI=1S/C36H26N2O8/c1-3-27(39)45-17-5-15-37-33(41)23-11-7-19-21-9-13-25-32-26(36(44)38(35(25)43)16-6-18-46-28(40)4-2)14-10-22(30(21)32)20-8-12-24(34(37)42)31(23)29(19)20/h3-4,7-14H,1-2,5-6,15-18H2. The highest BCUT2D eigenvalue weighted by atomic mass is 16.5. The van der Waals surface area contributed by atoms with Crippen LogP contribution in [0.3, 0.4) is 0 Å². The van der Waals surface area contributed by atoms with E-state index >= 15 is 0 Å². The molecule has 7 rings (SSSR count). The van der Waals surface area contributed by atoms with E-state index in [2.05, 4.69) is 13.2 Å². The number of ether oxygens (including phenoxy) is 2. The van der Waals surface area contributed by atoms with Crippen molar-refractivity contribution in [3.8, 4) is 0 Å². The molecule has 2 heterocycles. The summed E-state index contributed by atoms with van der Waals surface area (Å²) in [5.74, 6) is -2.86. The number of carbonyl (C=O) groups is 6. The normalized spacial score (nSPS) is 14.2. The predicted molar refractivity (Wildman–Crippen MR) is 170 cm³/mol. The number of fused-ring (bicyclic) bond motifs is 2. The molecule has 4 amide bonds. The summed E-state index contributed by atoms with van der Waals surface area (Å²) in [4.78, 5) is 79.6. The number of imide groups is 2. The number of esters is 2. The first-order valence-corrected chi connectivity index (χ1v) is 14.8. The lowest BCUT2D eigenvalue weighted by Crippen LogP contribution is -2.41. The molecule has 5 aromatic rings. The number of benzene rings is 5. The number of rotatable bonds is 10. The molecule has 2 aliphatic rings. The lowest BCUT2D eigenvalue weighted by Gasteiger charge is -2.30. The van der Waals surface area contributed by atoms with Gasteiger partial charge in [0.05, 0.1) is 13.2 Å². The minimum absolute atomic E-state index is 0.0424. The summed E-state index contributed by atoms with van der Waals surface area (Å²) in [6.45, 7) is 6.96. The average Bonchev–Trinajstić information content (AvgIpc) is 3.07. The molecular formula is C36H26N2O8. The molecule has 0 spiro atoms. The third-order valence-electron chi connectivity index (χ3n) is 8.68. The minimum atomic E-state index is -0.573. The highest BCUT2D eigenvalue weighted by Gasteiger charge is 2.36. The van der Waals surface area contributed by atoms with E-state index in [0.29, 0.717) is 33.0 Å². The molecule has 0 unspecified atom stereocenters. The summed E-state index contributed by atoms with van der Waals surface area (Å²) in [5, 5.41) is 5.83. The molecule has 10 heteroatoms. The van der Waals surface area contributed by atoms with Gasteiger partial charge in [-0.25, -0.2) is 9.59 Å². The second-order valence-electron chi connectivity index (χ2n) is 11.1. The van der Waals surface area contributed by atoms with E-state index in [4.69, 9.17) is 9.47 Å². The van der Waals surface area contributed by atoms with Crippen LogP contribution >= 0.6 is 0 Å². The fourth-order valence-corrected chi connectivity index (χ4v) is 6.68. The van der Waals surface area contributed by atoms with Crippen molar-refractivity contribution in [2.75, 3.05) is 26.3 Å². The molecule has 0 atom stereocenters. The Labute approximate surface area is 261 Å². The molecule has 228 valence electrons. The lowest BCUT2D eigenvalue weighted by molar-refractivity contribution is -0.138. The van der Waals surface area contributed by atoms with Gasteiger partial charge in [-0.05, 0) is 69.4 Å². The van der Waals surface area contributed by atoms with E-state index in [0.717, 1.165) is 44.5 Å². The van der Waals surface area contributed by atoms with Crippen molar-refractivity contribution in [3.05, 3.63) is 96.1 Å². The van der Waals surface area contributed by atoms with Crippen molar-refractivity contribution >= 4 is 78.7 Å². The smallest absolute Gasteiger partial charge is 0.330 e. The molecule has 46 heavy (non-hydrogen) atoms. The third-order valence-corrected chi connectivity index (χ3v) is 8.68. The van der Waals surface area contributed by atoms with Crippen molar-refractivity contribution < 1.29 is 38.2 Å². The molecule has 0 fully saturated rings. The summed E-state index contributed by atoms with van der Waals surface area (Å²) in [5.41, 5.74) is 1.58. The molecule has 0 saturated heterocycles. The van der Waals surface area contributed by atoms with Gasteiger partial charge in [0.1, 0.15) is 0 Å². The third kappa shape index (κ3) is 4.17. The molecule has 2 aliphatic heterocycles. The van der Waals surface area contributed by atoms with Crippen molar-refractivity contribution in [1.29, 1.82) is 0 Å². The highest BCUT2D eigenvalue weighted by Crippen LogP contribution is 2.46. The molecule has 0 saturated carbocycles. The molecule has 0 radical (unpaired) electrons. The Bertz CT molecular complexity index is 1960. The SMILES string of the molecule is C=CC(=O)OCCCN1C(=O)c2ccc3c4ccc5c6c(ccc(c7ccc(c2c37)C1=O)c64)C(=O)N(CCCOC(=O)C=C)C5=O. The van der Waals surface area contributed by atoms with Gasteiger partial charge in [-0.3, -0.25) is 29.0 Å². The van der Waals surface area contributed by atoms with Gasteiger partial charge in [-0.15, -0.1) is 0 Å².